The highest BCUT2D eigenvalue weighted by Crippen LogP contribution is 2.30. The number of carbonyl (C=O) groups is 2. The Balaban J connectivity index is 1.94. The zero-order valence-corrected chi connectivity index (χ0v) is 18.3. The molecule has 0 saturated carbocycles. The van der Waals surface area contributed by atoms with E-state index in [1.54, 1.807) is 6.92 Å². The molecule has 0 aromatic rings. The quantitative estimate of drug-likeness (QED) is 0.752. The molecule has 156 valence electrons. The Kier molecular flexibility index (Phi) is 7.17. The summed E-state index contributed by atoms with van der Waals surface area (Å²) >= 11 is 0. The first-order chi connectivity index (χ1) is 12.5. The van der Waals surface area contributed by atoms with Gasteiger partial charge in [0.2, 0.25) is 5.91 Å². The van der Waals surface area contributed by atoms with Gasteiger partial charge in [0.1, 0.15) is 0 Å². The van der Waals surface area contributed by atoms with Crippen molar-refractivity contribution in [2.75, 3.05) is 26.7 Å². The Bertz CT molecular complexity index is 511. The molecule has 2 rings (SSSR count). The van der Waals surface area contributed by atoms with Gasteiger partial charge in [0.25, 0.3) is 0 Å². The second-order valence-electron chi connectivity index (χ2n) is 9.68. The van der Waals surface area contributed by atoms with Crippen LogP contribution in [0.25, 0.3) is 0 Å². The van der Waals surface area contributed by atoms with Crippen LogP contribution in [0.4, 0.5) is 4.79 Å². The predicted molar refractivity (Wildman–Crippen MR) is 108 cm³/mol. The minimum atomic E-state index is -0.216. The van der Waals surface area contributed by atoms with E-state index in [2.05, 4.69) is 44.4 Å². The number of ether oxygens (including phenoxy) is 1. The van der Waals surface area contributed by atoms with E-state index >= 15 is 0 Å². The highest BCUT2D eigenvalue weighted by Gasteiger charge is 2.38. The van der Waals surface area contributed by atoms with Crippen molar-refractivity contribution in [3.63, 3.8) is 0 Å². The number of likely N-dealkylation sites (tertiary alicyclic amines) is 2. The van der Waals surface area contributed by atoms with Gasteiger partial charge >= 0.3 is 6.09 Å². The third-order valence-electron chi connectivity index (χ3n) is 6.07. The van der Waals surface area contributed by atoms with Crippen molar-refractivity contribution >= 4 is 12.0 Å². The summed E-state index contributed by atoms with van der Waals surface area (Å²) in [7, 11) is 1.46. The number of amides is 2. The first kappa shape index (κ1) is 22.0. The average Bonchev–Trinajstić information content (AvgIpc) is 2.58. The van der Waals surface area contributed by atoms with Crippen molar-refractivity contribution in [1.82, 2.24) is 14.7 Å². The summed E-state index contributed by atoms with van der Waals surface area (Å²) in [5.74, 6) is 0.192. The van der Waals surface area contributed by atoms with Crippen LogP contribution >= 0.6 is 0 Å². The number of rotatable bonds is 3. The monoisotopic (exact) mass is 381 g/mol. The summed E-state index contributed by atoms with van der Waals surface area (Å²) in [4.78, 5) is 30.7. The molecule has 6 nitrogen and oxygen atoms in total. The van der Waals surface area contributed by atoms with Crippen LogP contribution in [0, 0.1) is 5.41 Å². The molecular weight excluding hydrogens is 342 g/mol. The second kappa shape index (κ2) is 8.80. The molecule has 2 heterocycles. The van der Waals surface area contributed by atoms with E-state index < -0.39 is 0 Å². The molecule has 0 radical (unpaired) electrons. The molecular formula is C21H39N3O3. The smallest absolute Gasteiger partial charge is 0.409 e. The molecule has 0 aromatic carbocycles. The lowest BCUT2D eigenvalue weighted by Gasteiger charge is -2.48. The van der Waals surface area contributed by atoms with Gasteiger partial charge in [-0.3, -0.25) is 4.79 Å². The van der Waals surface area contributed by atoms with Crippen LogP contribution in [0.15, 0.2) is 0 Å². The van der Waals surface area contributed by atoms with Crippen molar-refractivity contribution in [2.24, 2.45) is 5.41 Å². The van der Waals surface area contributed by atoms with E-state index in [0.717, 1.165) is 45.3 Å². The molecule has 0 spiro atoms. The van der Waals surface area contributed by atoms with E-state index in [0.29, 0.717) is 12.1 Å². The Morgan fingerprint density at radius 1 is 1.07 bits per heavy atom. The third kappa shape index (κ3) is 5.59. The molecule has 2 aliphatic heterocycles. The number of piperidine rings is 2. The first-order valence-corrected chi connectivity index (χ1v) is 10.4. The molecule has 2 amide bonds. The highest BCUT2D eigenvalue weighted by atomic mass is 16.5. The topological polar surface area (TPSA) is 53.1 Å². The normalized spacial score (nSPS) is 28.1. The van der Waals surface area contributed by atoms with Gasteiger partial charge in [0.15, 0.2) is 0 Å². The van der Waals surface area contributed by atoms with Gasteiger partial charge in [-0.25, -0.2) is 4.79 Å². The molecule has 2 unspecified atom stereocenters. The summed E-state index contributed by atoms with van der Waals surface area (Å²) in [6.45, 7) is 15.4. The Labute approximate surface area is 165 Å². The average molecular weight is 382 g/mol. The maximum Gasteiger partial charge on any atom is 0.409 e. The largest absolute Gasteiger partial charge is 0.453 e. The summed E-state index contributed by atoms with van der Waals surface area (Å²) < 4.78 is 4.95. The Morgan fingerprint density at radius 2 is 1.59 bits per heavy atom. The van der Waals surface area contributed by atoms with Crippen LogP contribution in [0.2, 0.25) is 0 Å². The van der Waals surface area contributed by atoms with E-state index in [-0.39, 0.29) is 29.5 Å². The lowest BCUT2D eigenvalue weighted by atomic mass is 9.89. The fourth-order valence-electron chi connectivity index (χ4n) is 4.88. The number of hydrogen-bond acceptors (Lipinski definition) is 4. The fourth-order valence-corrected chi connectivity index (χ4v) is 4.88. The van der Waals surface area contributed by atoms with Gasteiger partial charge in [-0.05, 0) is 44.9 Å². The van der Waals surface area contributed by atoms with Gasteiger partial charge in [-0.15, -0.1) is 0 Å². The van der Waals surface area contributed by atoms with Crippen LogP contribution < -0.4 is 0 Å². The van der Waals surface area contributed by atoms with Crippen molar-refractivity contribution in [3.05, 3.63) is 0 Å². The maximum atomic E-state index is 12.2. The zero-order chi connectivity index (χ0) is 20.4. The van der Waals surface area contributed by atoms with Gasteiger partial charge in [0.05, 0.1) is 7.11 Å². The van der Waals surface area contributed by atoms with Crippen LogP contribution in [0.3, 0.4) is 0 Å². The Hall–Kier alpha value is -1.30. The second-order valence-corrected chi connectivity index (χ2v) is 9.68. The maximum absolute atomic E-state index is 12.2. The van der Waals surface area contributed by atoms with Crippen molar-refractivity contribution in [2.45, 2.75) is 91.4 Å². The van der Waals surface area contributed by atoms with Crippen LogP contribution in [0.1, 0.15) is 67.2 Å². The highest BCUT2D eigenvalue weighted by molar-refractivity contribution is 5.73. The molecule has 0 aromatic heterocycles. The summed E-state index contributed by atoms with van der Waals surface area (Å²) in [5, 5.41) is 0. The SMILES string of the molecule is COC(=O)N1C(C)CC(N2CCC(N(CC(C)(C)C)C(C)=O)CC2)CC1C. The molecule has 6 heteroatoms. The molecule has 2 aliphatic rings. The number of methoxy groups -OCH3 is 1. The number of nitrogens with zero attached hydrogens (tertiary/aromatic N) is 3. The van der Waals surface area contributed by atoms with Gasteiger partial charge in [0, 0.05) is 50.7 Å². The first-order valence-electron chi connectivity index (χ1n) is 10.4. The van der Waals surface area contributed by atoms with E-state index in [9.17, 15) is 9.59 Å². The molecule has 0 aliphatic carbocycles. The standard InChI is InChI=1S/C21H39N3O3/c1-15-12-19(13-16(2)24(15)20(26)27-7)22-10-8-18(9-11-22)23(17(3)25)14-21(4,5)6/h15-16,18-19H,8-14H2,1-7H3. The predicted octanol–water partition coefficient (Wildman–Crippen LogP) is 3.35. The molecule has 2 fully saturated rings. The van der Waals surface area contributed by atoms with Crippen LogP contribution in [-0.4, -0.2) is 77.6 Å². The van der Waals surface area contributed by atoms with Crippen molar-refractivity contribution in [3.8, 4) is 0 Å². The fraction of sp³-hybridized carbons (Fsp3) is 0.905. The molecule has 2 atom stereocenters. The van der Waals surface area contributed by atoms with Crippen molar-refractivity contribution < 1.29 is 14.3 Å². The van der Waals surface area contributed by atoms with Crippen LogP contribution in [0.5, 0.6) is 0 Å². The summed E-state index contributed by atoms with van der Waals surface area (Å²) in [6, 6.07) is 1.24. The van der Waals surface area contributed by atoms with Crippen molar-refractivity contribution in [1.29, 1.82) is 0 Å². The molecule has 2 saturated heterocycles. The lowest BCUT2D eigenvalue weighted by molar-refractivity contribution is -0.134. The van der Waals surface area contributed by atoms with E-state index in [1.165, 1.54) is 7.11 Å². The number of carbonyl (C=O) groups excluding carboxylic acids is 2. The minimum absolute atomic E-state index is 0.119. The zero-order valence-electron chi connectivity index (χ0n) is 18.3. The molecule has 0 N–H and O–H groups in total. The van der Waals surface area contributed by atoms with Gasteiger partial charge < -0.3 is 19.4 Å². The molecule has 27 heavy (non-hydrogen) atoms. The molecule has 0 bridgehead atoms. The van der Waals surface area contributed by atoms with E-state index in [4.69, 9.17) is 4.74 Å². The van der Waals surface area contributed by atoms with Gasteiger partial charge in [-0.2, -0.15) is 0 Å². The Morgan fingerprint density at radius 3 is 2.00 bits per heavy atom. The number of hydrogen-bond donors (Lipinski definition) is 0. The van der Waals surface area contributed by atoms with E-state index in [1.807, 2.05) is 4.90 Å². The van der Waals surface area contributed by atoms with Gasteiger partial charge in [-0.1, -0.05) is 20.8 Å². The minimum Gasteiger partial charge on any atom is -0.453 e. The summed E-state index contributed by atoms with van der Waals surface area (Å²) in [6.07, 6.45) is 3.84. The summed E-state index contributed by atoms with van der Waals surface area (Å²) in [5.41, 5.74) is 0.119. The third-order valence-corrected chi connectivity index (χ3v) is 6.07. The lowest BCUT2D eigenvalue weighted by Crippen LogP contribution is -2.57. The van der Waals surface area contributed by atoms with Crippen LogP contribution in [-0.2, 0) is 9.53 Å².